The monoisotopic (exact) mass is 162 g/mol. The number of carbonyl (C=O) groups is 1. The van der Waals surface area contributed by atoms with E-state index in [0.717, 1.165) is 0 Å². The van der Waals surface area contributed by atoms with E-state index in [2.05, 4.69) is 0 Å². The van der Waals surface area contributed by atoms with E-state index in [0.29, 0.717) is 0 Å². The van der Waals surface area contributed by atoms with Crippen molar-refractivity contribution in [1.29, 1.82) is 0 Å². The van der Waals surface area contributed by atoms with Gasteiger partial charge in [0.05, 0.1) is 5.75 Å². The van der Waals surface area contributed by atoms with Crippen LogP contribution in [0.15, 0.2) is 0 Å². The predicted octanol–water partition coefficient (Wildman–Crippen LogP) is 1.12. The van der Waals surface area contributed by atoms with E-state index < -0.39 is 10.8 Å². The molecular weight excluding hydrogens is 148 g/mol. The second kappa shape index (κ2) is 3.28. The summed E-state index contributed by atoms with van der Waals surface area (Å²) in [6.07, 6.45) is 0. The first-order chi connectivity index (χ1) is 4.34. The van der Waals surface area contributed by atoms with Crippen molar-refractivity contribution >= 4 is 16.6 Å². The van der Waals surface area contributed by atoms with E-state index in [9.17, 15) is 9.00 Å². The van der Waals surface area contributed by atoms with Gasteiger partial charge in [0.2, 0.25) is 0 Å². The molecule has 0 radical (unpaired) electrons. The molecule has 0 aromatic carbocycles. The molecule has 0 heterocycles. The highest BCUT2D eigenvalue weighted by Gasteiger charge is 2.19. The first kappa shape index (κ1) is 9.82. The van der Waals surface area contributed by atoms with Gasteiger partial charge in [-0.05, 0) is 27.7 Å². The molecule has 0 N–H and O–H groups in total. The summed E-state index contributed by atoms with van der Waals surface area (Å²) in [6, 6.07) is 0. The molecule has 1 atom stereocenters. The molecule has 0 amide bonds. The van der Waals surface area contributed by atoms with Crippen molar-refractivity contribution in [2.45, 2.75) is 32.4 Å². The maximum atomic E-state index is 11.2. The Morgan fingerprint density at radius 2 is 1.80 bits per heavy atom. The molecule has 0 rings (SSSR count). The van der Waals surface area contributed by atoms with Crippen LogP contribution in [0.4, 0.5) is 0 Å². The molecule has 0 fully saturated rings. The fourth-order valence-electron chi connectivity index (χ4n) is 0.401. The van der Waals surface area contributed by atoms with Gasteiger partial charge in [0.15, 0.2) is 0 Å². The lowest BCUT2D eigenvalue weighted by atomic mass is 10.3. The van der Waals surface area contributed by atoms with Crippen molar-refractivity contribution in [3.05, 3.63) is 0 Å². The maximum Gasteiger partial charge on any atom is 0.142 e. The fraction of sp³-hybridized carbons (Fsp3) is 0.857. The maximum absolute atomic E-state index is 11.2. The molecule has 10 heavy (non-hydrogen) atoms. The third kappa shape index (κ3) is 3.77. The van der Waals surface area contributed by atoms with Gasteiger partial charge in [-0.3, -0.25) is 9.00 Å². The third-order valence-corrected chi connectivity index (χ3v) is 3.05. The van der Waals surface area contributed by atoms with Crippen LogP contribution < -0.4 is 0 Å². The van der Waals surface area contributed by atoms with E-state index in [1.54, 1.807) is 0 Å². The van der Waals surface area contributed by atoms with Gasteiger partial charge in [-0.2, -0.15) is 0 Å². The van der Waals surface area contributed by atoms with E-state index in [-0.39, 0.29) is 16.3 Å². The molecule has 0 spiro atoms. The minimum atomic E-state index is -1.02. The van der Waals surface area contributed by atoms with Crippen LogP contribution in [-0.4, -0.2) is 20.5 Å². The largest absolute Gasteiger partial charge is 0.299 e. The number of hydrogen-bond acceptors (Lipinski definition) is 2. The SMILES string of the molecule is CC(=O)CS(=O)C(C)(C)C. The Balaban J connectivity index is 3.99. The normalized spacial score (nSPS) is 14.8. The van der Waals surface area contributed by atoms with Gasteiger partial charge in [0.25, 0.3) is 0 Å². The highest BCUT2D eigenvalue weighted by atomic mass is 32.2. The Morgan fingerprint density at radius 1 is 1.40 bits per heavy atom. The summed E-state index contributed by atoms with van der Waals surface area (Å²) in [5.74, 6) is 0.178. The van der Waals surface area contributed by atoms with Crippen LogP contribution in [0.1, 0.15) is 27.7 Å². The summed E-state index contributed by atoms with van der Waals surface area (Å²) >= 11 is 0. The van der Waals surface area contributed by atoms with Gasteiger partial charge in [0, 0.05) is 15.5 Å². The zero-order valence-corrected chi connectivity index (χ0v) is 7.75. The van der Waals surface area contributed by atoms with E-state index >= 15 is 0 Å². The van der Waals surface area contributed by atoms with Crippen molar-refractivity contribution in [2.75, 3.05) is 5.75 Å². The average Bonchev–Trinajstić information content (AvgIpc) is 1.60. The molecule has 60 valence electrons. The smallest absolute Gasteiger partial charge is 0.142 e. The standard InChI is InChI=1S/C7H14O2S/c1-6(8)5-10(9)7(2,3)4/h5H2,1-4H3. The number of carbonyl (C=O) groups excluding carboxylic acids is 1. The van der Waals surface area contributed by atoms with Gasteiger partial charge in [-0.25, -0.2) is 0 Å². The third-order valence-electron chi connectivity index (χ3n) is 1.02. The summed E-state index contributed by atoms with van der Waals surface area (Å²) in [6.45, 7) is 7.06. The minimum Gasteiger partial charge on any atom is -0.299 e. The van der Waals surface area contributed by atoms with Crippen molar-refractivity contribution in [2.24, 2.45) is 0 Å². The van der Waals surface area contributed by atoms with Crippen LogP contribution in [0.5, 0.6) is 0 Å². The molecule has 0 saturated heterocycles. The van der Waals surface area contributed by atoms with E-state index in [4.69, 9.17) is 0 Å². The van der Waals surface area contributed by atoms with E-state index in [1.165, 1.54) is 6.92 Å². The molecule has 0 saturated carbocycles. The molecule has 0 aliphatic rings. The molecule has 0 aromatic rings. The Morgan fingerprint density at radius 3 is 1.90 bits per heavy atom. The first-order valence-electron chi connectivity index (χ1n) is 3.22. The molecule has 0 aliphatic heterocycles. The molecule has 3 heteroatoms. The number of rotatable bonds is 2. The van der Waals surface area contributed by atoms with Crippen molar-refractivity contribution in [3.8, 4) is 0 Å². The lowest BCUT2D eigenvalue weighted by molar-refractivity contribution is -0.114. The molecular formula is C7H14O2S. The van der Waals surface area contributed by atoms with E-state index in [1.807, 2.05) is 20.8 Å². The number of ketones is 1. The predicted molar refractivity (Wildman–Crippen MR) is 43.4 cm³/mol. The van der Waals surface area contributed by atoms with Crippen LogP contribution in [-0.2, 0) is 15.6 Å². The Labute approximate surface area is 64.5 Å². The van der Waals surface area contributed by atoms with Crippen molar-refractivity contribution in [3.63, 3.8) is 0 Å². The highest BCUT2D eigenvalue weighted by molar-refractivity contribution is 7.87. The lowest BCUT2D eigenvalue weighted by Gasteiger charge is -2.15. The fourth-order valence-corrected chi connectivity index (χ4v) is 1.20. The first-order valence-corrected chi connectivity index (χ1v) is 4.54. The zero-order valence-electron chi connectivity index (χ0n) is 6.93. The van der Waals surface area contributed by atoms with Crippen LogP contribution in [0.2, 0.25) is 0 Å². The topological polar surface area (TPSA) is 34.1 Å². The van der Waals surface area contributed by atoms with Gasteiger partial charge in [-0.15, -0.1) is 0 Å². The van der Waals surface area contributed by atoms with Gasteiger partial charge in [-0.1, -0.05) is 0 Å². The Bertz CT molecular complexity index is 155. The molecule has 0 aliphatic carbocycles. The summed E-state index contributed by atoms with van der Waals surface area (Å²) < 4.78 is 10.9. The Kier molecular flexibility index (Phi) is 3.22. The number of Topliss-reactive ketones (excluding diaryl/α,β-unsaturated/α-hetero) is 1. The minimum absolute atomic E-state index is 0.00624. The quantitative estimate of drug-likeness (QED) is 0.610. The molecule has 0 bridgehead atoms. The molecule has 2 nitrogen and oxygen atoms in total. The summed E-state index contributed by atoms with van der Waals surface area (Å²) in [7, 11) is -1.02. The zero-order chi connectivity index (χ0) is 8.36. The van der Waals surface area contributed by atoms with Crippen LogP contribution in [0.25, 0.3) is 0 Å². The van der Waals surface area contributed by atoms with Crippen molar-refractivity contribution < 1.29 is 9.00 Å². The van der Waals surface area contributed by atoms with Crippen LogP contribution >= 0.6 is 0 Å². The van der Waals surface area contributed by atoms with Crippen LogP contribution in [0.3, 0.4) is 0 Å². The second-order valence-electron chi connectivity index (χ2n) is 3.30. The molecule has 0 aromatic heterocycles. The van der Waals surface area contributed by atoms with Gasteiger partial charge < -0.3 is 0 Å². The van der Waals surface area contributed by atoms with Gasteiger partial charge >= 0.3 is 0 Å². The second-order valence-corrected chi connectivity index (χ2v) is 5.51. The van der Waals surface area contributed by atoms with Gasteiger partial charge in [0.1, 0.15) is 5.78 Å². The summed E-state index contributed by atoms with van der Waals surface area (Å²) in [4.78, 5) is 10.5. The average molecular weight is 162 g/mol. The van der Waals surface area contributed by atoms with Crippen molar-refractivity contribution in [1.82, 2.24) is 0 Å². The summed E-state index contributed by atoms with van der Waals surface area (Å²) in [5, 5.41) is 0. The molecule has 1 unspecified atom stereocenters. The summed E-state index contributed by atoms with van der Waals surface area (Å²) in [5.41, 5.74) is 0. The van der Waals surface area contributed by atoms with Crippen LogP contribution in [0, 0.1) is 0 Å². The Hall–Kier alpha value is -0.180. The lowest BCUT2D eigenvalue weighted by Crippen LogP contribution is -2.26. The highest BCUT2D eigenvalue weighted by Crippen LogP contribution is 2.10. The number of hydrogen-bond donors (Lipinski definition) is 0.